The van der Waals surface area contributed by atoms with Gasteiger partial charge >= 0.3 is 0 Å². The summed E-state index contributed by atoms with van der Waals surface area (Å²) in [7, 11) is 0. The van der Waals surface area contributed by atoms with E-state index in [2.05, 4.69) is 20.9 Å². The summed E-state index contributed by atoms with van der Waals surface area (Å²) in [5.74, 6) is 1.33. The predicted octanol–water partition coefficient (Wildman–Crippen LogP) is 4.60. The number of nitrogens with zero attached hydrogens (tertiary/aromatic N) is 1. The van der Waals surface area contributed by atoms with Crippen LogP contribution in [0.25, 0.3) is 0 Å². The Morgan fingerprint density at radius 1 is 1.25 bits per heavy atom. The summed E-state index contributed by atoms with van der Waals surface area (Å²) in [6, 6.07) is 7.45. The van der Waals surface area contributed by atoms with Crippen molar-refractivity contribution in [3.63, 3.8) is 0 Å². The molecule has 0 amide bonds. The molecule has 82 valence electrons. The maximum Gasteiger partial charge on any atom is 0.146 e. The fraction of sp³-hybridized carbons (Fsp3) is 0.0833. The minimum atomic E-state index is 0.601. The fourth-order valence-corrected chi connectivity index (χ4v) is 1.86. The van der Waals surface area contributed by atoms with Gasteiger partial charge in [-0.3, -0.25) is 4.98 Å². The number of pyridine rings is 1. The normalized spacial score (nSPS) is 10.2. The van der Waals surface area contributed by atoms with Crippen molar-refractivity contribution in [3.05, 3.63) is 51.7 Å². The van der Waals surface area contributed by atoms with Gasteiger partial charge in [0.1, 0.15) is 11.5 Å². The van der Waals surface area contributed by atoms with Crippen molar-refractivity contribution in [2.45, 2.75) is 6.92 Å². The molecule has 1 aromatic heterocycles. The Labute approximate surface area is 107 Å². The molecular formula is C12H9BrClNO. The van der Waals surface area contributed by atoms with Crippen LogP contribution in [0.4, 0.5) is 0 Å². The van der Waals surface area contributed by atoms with Crippen LogP contribution in [0.3, 0.4) is 0 Å². The smallest absolute Gasteiger partial charge is 0.146 e. The molecule has 0 aliphatic heterocycles. The van der Waals surface area contributed by atoms with Crippen LogP contribution in [0.15, 0.2) is 41.1 Å². The molecule has 0 saturated carbocycles. The van der Waals surface area contributed by atoms with Gasteiger partial charge in [-0.15, -0.1) is 0 Å². The Morgan fingerprint density at radius 2 is 2.06 bits per heavy atom. The molecule has 0 spiro atoms. The summed E-state index contributed by atoms with van der Waals surface area (Å²) in [6.07, 6.45) is 3.35. The molecule has 16 heavy (non-hydrogen) atoms. The van der Waals surface area contributed by atoms with E-state index in [-0.39, 0.29) is 0 Å². The zero-order valence-electron chi connectivity index (χ0n) is 8.58. The highest BCUT2D eigenvalue weighted by Gasteiger charge is 2.05. The van der Waals surface area contributed by atoms with Crippen LogP contribution < -0.4 is 4.74 Å². The van der Waals surface area contributed by atoms with E-state index in [1.54, 1.807) is 18.5 Å². The van der Waals surface area contributed by atoms with E-state index in [1.807, 2.05) is 25.1 Å². The summed E-state index contributed by atoms with van der Waals surface area (Å²) in [5.41, 5.74) is 1.10. The van der Waals surface area contributed by atoms with Gasteiger partial charge in [-0.2, -0.15) is 0 Å². The Kier molecular flexibility index (Phi) is 3.46. The summed E-state index contributed by atoms with van der Waals surface area (Å²) < 4.78 is 6.47. The van der Waals surface area contributed by atoms with Crippen LogP contribution in [-0.4, -0.2) is 4.98 Å². The first-order valence-corrected chi connectivity index (χ1v) is 5.87. The molecular weight excluding hydrogens is 289 g/mol. The molecule has 0 atom stereocenters. The molecule has 1 aromatic carbocycles. The number of aromatic nitrogens is 1. The standard InChI is InChI=1S/C12H9BrClNO/c1-8-2-3-12(10(14)6-8)16-11-4-5-15-7-9(11)13/h2-7H,1H3. The summed E-state index contributed by atoms with van der Waals surface area (Å²) in [5, 5.41) is 0.601. The molecule has 0 N–H and O–H groups in total. The fourth-order valence-electron chi connectivity index (χ4n) is 1.25. The van der Waals surface area contributed by atoms with Crippen molar-refractivity contribution in [1.29, 1.82) is 0 Å². The molecule has 0 aliphatic rings. The van der Waals surface area contributed by atoms with Crippen molar-refractivity contribution in [2.75, 3.05) is 0 Å². The third kappa shape index (κ3) is 2.54. The Hall–Kier alpha value is -1.06. The van der Waals surface area contributed by atoms with Gasteiger partial charge in [-0.25, -0.2) is 0 Å². The van der Waals surface area contributed by atoms with Gasteiger partial charge in [0.05, 0.1) is 9.50 Å². The summed E-state index contributed by atoms with van der Waals surface area (Å²) in [6.45, 7) is 1.98. The predicted molar refractivity (Wildman–Crippen MR) is 68.2 cm³/mol. The summed E-state index contributed by atoms with van der Waals surface area (Å²) in [4.78, 5) is 3.96. The minimum absolute atomic E-state index is 0.601. The molecule has 2 rings (SSSR count). The van der Waals surface area contributed by atoms with Crippen molar-refractivity contribution in [3.8, 4) is 11.5 Å². The van der Waals surface area contributed by atoms with Gasteiger partial charge in [0.2, 0.25) is 0 Å². The lowest BCUT2D eigenvalue weighted by Crippen LogP contribution is -1.87. The van der Waals surface area contributed by atoms with Crippen LogP contribution in [0.5, 0.6) is 11.5 Å². The third-order valence-electron chi connectivity index (χ3n) is 2.04. The first kappa shape index (κ1) is 11.4. The second kappa shape index (κ2) is 4.85. The van der Waals surface area contributed by atoms with E-state index < -0.39 is 0 Å². The molecule has 0 fully saturated rings. The number of aryl methyl sites for hydroxylation is 1. The van der Waals surface area contributed by atoms with E-state index in [4.69, 9.17) is 16.3 Å². The highest BCUT2D eigenvalue weighted by atomic mass is 79.9. The molecule has 0 aliphatic carbocycles. The molecule has 2 nitrogen and oxygen atoms in total. The number of rotatable bonds is 2. The number of benzene rings is 1. The molecule has 1 heterocycles. The van der Waals surface area contributed by atoms with Crippen LogP contribution in [0.2, 0.25) is 5.02 Å². The largest absolute Gasteiger partial charge is 0.454 e. The quantitative estimate of drug-likeness (QED) is 0.808. The molecule has 0 saturated heterocycles. The van der Waals surface area contributed by atoms with Crippen LogP contribution in [0, 0.1) is 6.92 Å². The first-order valence-electron chi connectivity index (χ1n) is 4.70. The zero-order chi connectivity index (χ0) is 11.5. The van der Waals surface area contributed by atoms with Gasteiger partial charge in [-0.05, 0) is 40.5 Å². The van der Waals surface area contributed by atoms with Gasteiger partial charge in [0.15, 0.2) is 0 Å². The van der Waals surface area contributed by atoms with Crippen molar-refractivity contribution >= 4 is 27.5 Å². The molecule has 4 heteroatoms. The Bertz CT molecular complexity index is 516. The monoisotopic (exact) mass is 297 g/mol. The topological polar surface area (TPSA) is 22.1 Å². The molecule has 0 radical (unpaired) electrons. The molecule has 0 bridgehead atoms. The van der Waals surface area contributed by atoms with Crippen molar-refractivity contribution < 1.29 is 4.74 Å². The lowest BCUT2D eigenvalue weighted by Gasteiger charge is -2.09. The van der Waals surface area contributed by atoms with E-state index in [0.29, 0.717) is 16.5 Å². The van der Waals surface area contributed by atoms with Crippen LogP contribution in [-0.2, 0) is 0 Å². The molecule has 0 unspecified atom stereocenters. The zero-order valence-corrected chi connectivity index (χ0v) is 10.9. The maximum absolute atomic E-state index is 6.08. The van der Waals surface area contributed by atoms with E-state index in [0.717, 1.165) is 10.0 Å². The van der Waals surface area contributed by atoms with Crippen molar-refractivity contribution in [1.82, 2.24) is 4.98 Å². The Balaban J connectivity index is 2.31. The second-order valence-corrected chi connectivity index (χ2v) is 4.60. The SMILES string of the molecule is Cc1ccc(Oc2ccncc2Br)c(Cl)c1. The lowest BCUT2D eigenvalue weighted by molar-refractivity contribution is 0.479. The van der Waals surface area contributed by atoms with Gasteiger partial charge in [-0.1, -0.05) is 17.7 Å². The average Bonchev–Trinajstić information content (AvgIpc) is 2.25. The van der Waals surface area contributed by atoms with E-state index in [1.165, 1.54) is 0 Å². The van der Waals surface area contributed by atoms with Gasteiger partial charge in [0, 0.05) is 18.5 Å². The van der Waals surface area contributed by atoms with E-state index in [9.17, 15) is 0 Å². The minimum Gasteiger partial charge on any atom is -0.454 e. The number of hydrogen-bond acceptors (Lipinski definition) is 2. The second-order valence-electron chi connectivity index (χ2n) is 3.34. The van der Waals surface area contributed by atoms with Gasteiger partial charge < -0.3 is 4.74 Å². The van der Waals surface area contributed by atoms with Crippen LogP contribution in [0.1, 0.15) is 5.56 Å². The molecule has 2 aromatic rings. The summed E-state index contributed by atoms with van der Waals surface area (Å²) >= 11 is 9.44. The maximum atomic E-state index is 6.08. The Morgan fingerprint density at radius 3 is 2.75 bits per heavy atom. The highest BCUT2D eigenvalue weighted by molar-refractivity contribution is 9.10. The van der Waals surface area contributed by atoms with Gasteiger partial charge in [0.25, 0.3) is 0 Å². The number of halogens is 2. The average molecular weight is 299 g/mol. The number of ether oxygens (including phenoxy) is 1. The first-order chi connectivity index (χ1) is 7.66. The highest BCUT2D eigenvalue weighted by Crippen LogP contribution is 2.33. The third-order valence-corrected chi connectivity index (χ3v) is 2.93. The van der Waals surface area contributed by atoms with Crippen LogP contribution >= 0.6 is 27.5 Å². The number of hydrogen-bond donors (Lipinski definition) is 0. The van der Waals surface area contributed by atoms with E-state index >= 15 is 0 Å². The lowest BCUT2D eigenvalue weighted by atomic mass is 10.2. The van der Waals surface area contributed by atoms with Crippen molar-refractivity contribution in [2.24, 2.45) is 0 Å².